The first-order valence-corrected chi connectivity index (χ1v) is 13.4. The lowest BCUT2D eigenvalue weighted by Crippen LogP contribution is -2.43. The third kappa shape index (κ3) is 5.25. The van der Waals surface area contributed by atoms with Gasteiger partial charge in [-0.2, -0.15) is 0 Å². The molecule has 2 heterocycles. The molecule has 194 valence electrons. The Morgan fingerprint density at radius 1 is 1.11 bits per heavy atom. The zero-order chi connectivity index (χ0) is 26.5. The van der Waals surface area contributed by atoms with E-state index < -0.39 is 6.04 Å². The van der Waals surface area contributed by atoms with E-state index in [1.165, 1.54) is 11.3 Å². The van der Waals surface area contributed by atoms with Gasteiger partial charge in [0.2, 0.25) is 0 Å². The van der Waals surface area contributed by atoms with Crippen LogP contribution in [0, 0.1) is 0 Å². The van der Waals surface area contributed by atoms with Crippen molar-refractivity contribution in [2.45, 2.75) is 40.2 Å². The van der Waals surface area contributed by atoms with E-state index in [1.54, 1.807) is 16.6 Å². The van der Waals surface area contributed by atoms with E-state index >= 15 is 0 Å². The van der Waals surface area contributed by atoms with Crippen LogP contribution in [0.15, 0.2) is 69.6 Å². The average Bonchev–Trinajstić information content (AvgIpc) is 3.22. The van der Waals surface area contributed by atoms with Gasteiger partial charge in [0.25, 0.3) is 11.5 Å². The van der Waals surface area contributed by atoms with Gasteiger partial charge in [0.15, 0.2) is 4.80 Å². The van der Waals surface area contributed by atoms with E-state index in [2.05, 4.69) is 6.92 Å². The number of hydrogen-bond donors (Lipinski definition) is 0. The van der Waals surface area contributed by atoms with Crippen molar-refractivity contribution in [3.63, 3.8) is 0 Å². The number of benzene rings is 2. The summed E-state index contributed by atoms with van der Waals surface area (Å²) in [5.41, 5.74) is 2.55. The van der Waals surface area contributed by atoms with Crippen molar-refractivity contribution in [1.29, 1.82) is 0 Å². The largest absolute Gasteiger partial charge is 0.496 e. The number of para-hydroxylation sites is 1. The fourth-order valence-electron chi connectivity index (χ4n) is 4.49. The fraction of sp³-hybridized carbons (Fsp3) is 0.345. The summed E-state index contributed by atoms with van der Waals surface area (Å²) in [6, 6.07) is 14.6. The highest BCUT2D eigenvalue weighted by Crippen LogP contribution is 2.36. The Kier molecular flexibility index (Phi) is 8.28. The SMILES string of the molecule is CCCOc1ccc(/C=c2\sc3n(c2=O)[C@H](c2ccccc2OC)C(C(=O)N(CC)CC)=C(C)N=3)cc1. The number of nitrogens with zero attached hydrogens (tertiary/aromatic N) is 3. The molecule has 3 aromatic rings. The highest BCUT2D eigenvalue weighted by atomic mass is 32.1. The van der Waals surface area contributed by atoms with E-state index in [0.29, 0.717) is 46.0 Å². The number of carbonyl (C=O) groups excluding carboxylic acids is 1. The summed E-state index contributed by atoms with van der Waals surface area (Å²) in [5, 5.41) is 0. The first-order valence-electron chi connectivity index (χ1n) is 12.6. The molecule has 1 atom stereocenters. The minimum atomic E-state index is -0.646. The van der Waals surface area contributed by atoms with Crippen LogP contribution in [0.1, 0.15) is 51.3 Å². The number of carbonyl (C=O) groups is 1. The fourth-order valence-corrected chi connectivity index (χ4v) is 5.54. The molecule has 0 saturated carbocycles. The number of allylic oxidation sites excluding steroid dienone is 1. The minimum absolute atomic E-state index is 0.126. The molecule has 8 heteroatoms. The number of ether oxygens (including phenoxy) is 2. The number of aromatic nitrogens is 1. The van der Waals surface area contributed by atoms with E-state index in [1.807, 2.05) is 75.4 Å². The van der Waals surface area contributed by atoms with Gasteiger partial charge in [0.1, 0.15) is 17.5 Å². The van der Waals surface area contributed by atoms with Crippen LogP contribution in [0.3, 0.4) is 0 Å². The molecule has 7 nitrogen and oxygen atoms in total. The smallest absolute Gasteiger partial charge is 0.271 e. The molecule has 0 N–H and O–H groups in total. The zero-order valence-electron chi connectivity index (χ0n) is 22.0. The molecule has 4 rings (SSSR count). The maximum atomic E-state index is 13.9. The average molecular weight is 520 g/mol. The first-order chi connectivity index (χ1) is 17.9. The van der Waals surface area contributed by atoms with E-state index in [4.69, 9.17) is 14.5 Å². The van der Waals surface area contributed by atoms with Crippen LogP contribution in [0.2, 0.25) is 0 Å². The Morgan fingerprint density at radius 3 is 2.46 bits per heavy atom. The zero-order valence-corrected chi connectivity index (χ0v) is 22.8. The second-order valence-corrected chi connectivity index (χ2v) is 9.73. The molecule has 0 unspecified atom stereocenters. The lowest BCUT2D eigenvalue weighted by molar-refractivity contribution is -0.127. The lowest BCUT2D eigenvalue weighted by Gasteiger charge is -2.29. The number of likely N-dealkylation sites (N-methyl/N-ethyl adjacent to an activating group) is 1. The van der Waals surface area contributed by atoms with Crippen molar-refractivity contribution in [2.75, 3.05) is 26.8 Å². The van der Waals surface area contributed by atoms with Gasteiger partial charge in [-0.1, -0.05) is 48.6 Å². The molecule has 37 heavy (non-hydrogen) atoms. The molecular formula is C29H33N3O4S. The summed E-state index contributed by atoms with van der Waals surface area (Å²) in [7, 11) is 1.60. The van der Waals surface area contributed by atoms with E-state index in [0.717, 1.165) is 23.3 Å². The van der Waals surface area contributed by atoms with E-state index in [9.17, 15) is 9.59 Å². The molecule has 0 saturated heterocycles. The lowest BCUT2D eigenvalue weighted by atomic mass is 9.94. The van der Waals surface area contributed by atoms with Gasteiger partial charge in [-0.05, 0) is 57.0 Å². The van der Waals surface area contributed by atoms with Crippen LogP contribution in [-0.4, -0.2) is 42.2 Å². The van der Waals surface area contributed by atoms with Gasteiger partial charge in [-0.15, -0.1) is 0 Å². The van der Waals surface area contributed by atoms with Crippen molar-refractivity contribution >= 4 is 23.3 Å². The Bertz CT molecular complexity index is 1480. The predicted molar refractivity (Wildman–Crippen MR) is 147 cm³/mol. The number of rotatable bonds is 9. The van der Waals surface area contributed by atoms with Crippen molar-refractivity contribution in [2.24, 2.45) is 4.99 Å². The monoisotopic (exact) mass is 519 g/mol. The van der Waals surface area contributed by atoms with Crippen LogP contribution >= 0.6 is 11.3 Å². The normalized spacial score (nSPS) is 15.3. The summed E-state index contributed by atoms with van der Waals surface area (Å²) in [4.78, 5) is 34.6. The number of amides is 1. The Hall–Kier alpha value is -3.65. The maximum absolute atomic E-state index is 13.9. The van der Waals surface area contributed by atoms with Gasteiger partial charge >= 0.3 is 0 Å². The van der Waals surface area contributed by atoms with Gasteiger partial charge in [0, 0.05) is 18.7 Å². The molecule has 0 radical (unpaired) electrons. The first kappa shape index (κ1) is 26.4. The summed E-state index contributed by atoms with van der Waals surface area (Å²) in [6.45, 7) is 9.59. The van der Waals surface area contributed by atoms with Crippen molar-refractivity contribution in [3.8, 4) is 11.5 Å². The minimum Gasteiger partial charge on any atom is -0.496 e. The topological polar surface area (TPSA) is 73.1 Å². The third-order valence-corrected chi connectivity index (χ3v) is 7.37. The molecule has 0 aliphatic carbocycles. The molecule has 0 bridgehead atoms. The highest BCUT2D eigenvalue weighted by molar-refractivity contribution is 7.07. The summed E-state index contributed by atoms with van der Waals surface area (Å²) in [5.74, 6) is 1.29. The summed E-state index contributed by atoms with van der Waals surface area (Å²) < 4.78 is 13.5. The summed E-state index contributed by atoms with van der Waals surface area (Å²) in [6.07, 6.45) is 2.80. The molecule has 1 amide bonds. The molecule has 1 aliphatic heterocycles. The van der Waals surface area contributed by atoms with Crippen LogP contribution in [0.5, 0.6) is 11.5 Å². The number of fused-ring (bicyclic) bond motifs is 1. The maximum Gasteiger partial charge on any atom is 0.271 e. The van der Waals surface area contributed by atoms with Gasteiger partial charge in [-0.25, -0.2) is 4.99 Å². The Morgan fingerprint density at radius 2 is 1.81 bits per heavy atom. The number of hydrogen-bond acceptors (Lipinski definition) is 6. The third-order valence-electron chi connectivity index (χ3n) is 6.39. The molecule has 2 aromatic carbocycles. The van der Waals surface area contributed by atoms with Crippen LogP contribution in [0.25, 0.3) is 6.08 Å². The van der Waals surface area contributed by atoms with Gasteiger partial charge < -0.3 is 14.4 Å². The standard InChI is InChI=1S/C29H33N3O4S/c1-6-17-36-21-15-13-20(14-16-21)18-24-27(33)32-26(22-11-9-10-12-23(22)35-5)25(19(4)30-29(32)37-24)28(34)31(7-2)8-3/h9-16,18,26H,6-8,17H2,1-5H3/b24-18-/t26-/m1/s1. The number of methoxy groups -OCH3 is 1. The Balaban J connectivity index is 1.89. The van der Waals surface area contributed by atoms with Gasteiger partial charge in [-0.3, -0.25) is 14.2 Å². The molecule has 0 spiro atoms. The van der Waals surface area contributed by atoms with Crippen molar-refractivity contribution < 1.29 is 14.3 Å². The quantitative estimate of drug-likeness (QED) is 0.430. The second-order valence-electron chi connectivity index (χ2n) is 8.72. The van der Waals surface area contributed by atoms with Crippen LogP contribution in [-0.2, 0) is 4.79 Å². The molecule has 1 aromatic heterocycles. The second kappa shape index (κ2) is 11.6. The van der Waals surface area contributed by atoms with E-state index in [-0.39, 0.29) is 11.5 Å². The summed E-state index contributed by atoms with van der Waals surface area (Å²) >= 11 is 1.32. The molecular weight excluding hydrogens is 486 g/mol. The van der Waals surface area contributed by atoms with Crippen LogP contribution in [0.4, 0.5) is 0 Å². The van der Waals surface area contributed by atoms with Crippen molar-refractivity contribution in [3.05, 3.63) is 90.6 Å². The van der Waals surface area contributed by atoms with Gasteiger partial charge in [0.05, 0.1) is 29.5 Å². The number of thiazole rings is 1. The predicted octanol–water partition coefficient (Wildman–Crippen LogP) is 3.90. The highest BCUT2D eigenvalue weighted by Gasteiger charge is 2.35. The van der Waals surface area contributed by atoms with Crippen molar-refractivity contribution in [1.82, 2.24) is 9.47 Å². The molecule has 1 aliphatic rings. The Labute approximate surface area is 221 Å². The molecule has 0 fully saturated rings. The van der Waals surface area contributed by atoms with Crippen LogP contribution < -0.4 is 24.4 Å².